The van der Waals surface area contributed by atoms with Crippen molar-refractivity contribution in [1.29, 1.82) is 0 Å². The van der Waals surface area contributed by atoms with Gasteiger partial charge in [0, 0.05) is 4.47 Å². The third-order valence-electron chi connectivity index (χ3n) is 2.79. The van der Waals surface area contributed by atoms with Gasteiger partial charge in [-0.25, -0.2) is 4.39 Å². The van der Waals surface area contributed by atoms with Crippen LogP contribution in [-0.2, 0) is 5.67 Å². The molecule has 0 fully saturated rings. The highest BCUT2D eigenvalue weighted by Gasteiger charge is 2.39. The fraction of sp³-hybridized carbons (Fsp3) is 0.500. The molecule has 0 aromatic heterocycles. The molecule has 0 aliphatic heterocycles. The van der Waals surface area contributed by atoms with Crippen LogP contribution in [0, 0.1) is 5.41 Å². The van der Waals surface area contributed by atoms with Crippen LogP contribution in [0.5, 0.6) is 0 Å². The van der Waals surface area contributed by atoms with Crippen LogP contribution in [-0.4, -0.2) is 0 Å². The smallest absolute Gasteiger partial charge is 0.138 e. The van der Waals surface area contributed by atoms with Gasteiger partial charge in [-0.15, -0.1) is 0 Å². The van der Waals surface area contributed by atoms with Crippen molar-refractivity contribution in [3.63, 3.8) is 0 Å². The standard InChI is InChI=1S/C12H16BrF/c1-11(2,3)12(4,14)9-5-7-10(13)8-6-9/h5-8H,1-4H3. The van der Waals surface area contributed by atoms with E-state index < -0.39 is 5.67 Å². The van der Waals surface area contributed by atoms with Gasteiger partial charge in [0.1, 0.15) is 5.67 Å². The lowest BCUT2D eigenvalue weighted by Crippen LogP contribution is -2.32. The summed E-state index contributed by atoms with van der Waals surface area (Å²) in [6, 6.07) is 7.41. The first kappa shape index (κ1) is 11.7. The lowest BCUT2D eigenvalue weighted by atomic mass is 9.75. The van der Waals surface area contributed by atoms with Crippen LogP contribution >= 0.6 is 15.9 Å². The topological polar surface area (TPSA) is 0 Å². The molecule has 1 aromatic rings. The van der Waals surface area contributed by atoms with E-state index in [2.05, 4.69) is 15.9 Å². The zero-order valence-corrected chi connectivity index (χ0v) is 10.7. The highest BCUT2D eigenvalue weighted by Crippen LogP contribution is 2.42. The molecule has 0 saturated heterocycles. The molecule has 0 radical (unpaired) electrons. The van der Waals surface area contributed by atoms with Crippen molar-refractivity contribution in [1.82, 2.24) is 0 Å². The number of benzene rings is 1. The van der Waals surface area contributed by atoms with E-state index in [0.717, 1.165) is 10.0 Å². The van der Waals surface area contributed by atoms with Crippen LogP contribution in [0.3, 0.4) is 0 Å². The van der Waals surface area contributed by atoms with E-state index in [0.29, 0.717) is 0 Å². The van der Waals surface area contributed by atoms with Crippen molar-refractivity contribution >= 4 is 15.9 Å². The van der Waals surface area contributed by atoms with Gasteiger partial charge in [0.2, 0.25) is 0 Å². The number of alkyl halides is 1. The van der Waals surface area contributed by atoms with Gasteiger partial charge in [0.15, 0.2) is 0 Å². The SMILES string of the molecule is CC(C)(C)C(C)(F)c1ccc(Br)cc1. The highest BCUT2D eigenvalue weighted by atomic mass is 79.9. The van der Waals surface area contributed by atoms with E-state index in [1.807, 2.05) is 45.0 Å². The third-order valence-corrected chi connectivity index (χ3v) is 3.32. The second-order valence-electron chi connectivity index (χ2n) is 4.76. The van der Waals surface area contributed by atoms with Crippen LogP contribution in [0.1, 0.15) is 33.3 Å². The molecule has 1 rings (SSSR count). The average molecular weight is 259 g/mol. The Labute approximate surface area is 93.7 Å². The third kappa shape index (κ3) is 2.17. The summed E-state index contributed by atoms with van der Waals surface area (Å²) in [5.41, 5.74) is -0.956. The Kier molecular flexibility index (Phi) is 3.05. The first-order chi connectivity index (χ1) is 6.25. The molecule has 0 spiro atoms. The largest absolute Gasteiger partial charge is 0.238 e. The van der Waals surface area contributed by atoms with Crippen LogP contribution in [0.2, 0.25) is 0 Å². The zero-order chi connectivity index (χ0) is 11.0. The molecule has 1 atom stereocenters. The summed E-state index contributed by atoms with van der Waals surface area (Å²) in [6.07, 6.45) is 0. The van der Waals surface area contributed by atoms with E-state index in [4.69, 9.17) is 0 Å². The number of hydrogen-bond donors (Lipinski definition) is 0. The molecule has 0 bridgehead atoms. The molecule has 1 aromatic carbocycles. The molecule has 0 saturated carbocycles. The monoisotopic (exact) mass is 258 g/mol. The Hall–Kier alpha value is -0.370. The summed E-state index contributed by atoms with van der Waals surface area (Å²) in [5, 5.41) is 0. The fourth-order valence-corrected chi connectivity index (χ4v) is 1.46. The van der Waals surface area contributed by atoms with Crippen LogP contribution in [0.15, 0.2) is 28.7 Å². The van der Waals surface area contributed by atoms with Crippen molar-refractivity contribution < 1.29 is 4.39 Å². The van der Waals surface area contributed by atoms with Crippen LogP contribution in [0.25, 0.3) is 0 Å². The Morgan fingerprint density at radius 3 is 1.79 bits per heavy atom. The second kappa shape index (κ2) is 3.65. The van der Waals surface area contributed by atoms with Gasteiger partial charge in [-0.2, -0.15) is 0 Å². The minimum absolute atomic E-state index is 0.388. The summed E-state index contributed by atoms with van der Waals surface area (Å²) >= 11 is 3.34. The molecule has 14 heavy (non-hydrogen) atoms. The van der Waals surface area contributed by atoms with Crippen molar-refractivity contribution in [2.75, 3.05) is 0 Å². The summed E-state index contributed by atoms with van der Waals surface area (Å²) in [6.45, 7) is 7.37. The molecule has 0 heterocycles. The summed E-state index contributed by atoms with van der Waals surface area (Å²) in [5.74, 6) is 0. The predicted octanol–water partition coefficient (Wildman–Crippen LogP) is 4.68. The van der Waals surface area contributed by atoms with E-state index in [1.165, 1.54) is 0 Å². The minimum Gasteiger partial charge on any atom is -0.238 e. The lowest BCUT2D eigenvalue weighted by molar-refractivity contribution is 0.0452. The quantitative estimate of drug-likeness (QED) is 0.686. The van der Waals surface area contributed by atoms with E-state index in [1.54, 1.807) is 6.92 Å². The Morgan fingerprint density at radius 2 is 1.43 bits per heavy atom. The average Bonchev–Trinajstić information content (AvgIpc) is 2.03. The van der Waals surface area contributed by atoms with Crippen LogP contribution < -0.4 is 0 Å². The van der Waals surface area contributed by atoms with E-state index in [9.17, 15) is 4.39 Å². The molecular weight excluding hydrogens is 243 g/mol. The van der Waals surface area contributed by atoms with Crippen molar-refractivity contribution in [2.45, 2.75) is 33.4 Å². The lowest BCUT2D eigenvalue weighted by Gasteiger charge is -2.35. The molecular formula is C12H16BrF. The zero-order valence-electron chi connectivity index (χ0n) is 9.07. The summed E-state index contributed by atoms with van der Waals surface area (Å²) in [7, 11) is 0. The Bertz CT molecular complexity index is 306. The van der Waals surface area contributed by atoms with Gasteiger partial charge in [-0.1, -0.05) is 48.8 Å². The first-order valence-electron chi connectivity index (χ1n) is 4.70. The minimum atomic E-state index is -1.30. The fourth-order valence-electron chi connectivity index (χ4n) is 1.20. The summed E-state index contributed by atoms with van der Waals surface area (Å²) in [4.78, 5) is 0. The first-order valence-corrected chi connectivity index (χ1v) is 5.49. The Balaban J connectivity index is 3.10. The number of rotatable bonds is 1. The number of halogens is 2. The van der Waals surface area contributed by atoms with Gasteiger partial charge >= 0.3 is 0 Å². The van der Waals surface area contributed by atoms with Gasteiger partial charge in [0.25, 0.3) is 0 Å². The molecule has 1 unspecified atom stereocenters. The second-order valence-corrected chi connectivity index (χ2v) is 5.68. The molecule has 0 aliphatic carbocycles. The molecule has 0 aliphatic rings. The maximum atomic E-state index is 14.4. The molecule has 2 heteroatoms. The normalized spacial score (nSPS) is 16.4. The molecule has 0 amide bonds. The Morgan fingerprint density at radius 1 is 1.00 bits per heavy atom. The molecule has 0 nitrogen and oxygen atoms in total. The molecule has 0 N–H and O–H groups in total. The van der Waals surface area contributed by atoms with Crippen molar-refractivity contribution in [3.05, 3.63) is 34.3 Å². The molecule has 78 valence electrons. The maximum absolute atomic E-state index is 14.4. The predicted molar refractivity (Wildman–Crippen MR) is 62.1 cm³/mol. The van der Waals surface area contributed by atoms with Crippen LogP contribution in [0.4, 0.5) is 4.39 Å². The van der Waals surface area contributed by atoms with Gasteiger partial charge in [-0.05, 0) is 30.0 Å². The highest BCUT2D eigenvalue weighted by molar-refractivity contribution is 9.10. The number of hydrogen-bond acceptors (Lipinski definition) is 0. The van der Waals surface area contributed by atoms with Gasteiger partial charge in [0.05, 0.1) is 0 Å². The maximum Gasteiger partial charge on any atom is 0.138 e. The van der Waals surface area contributed by atoms with Gasteiger partial charge < -0.3 is 0 Å². The summed E-state index contributed by atoms with van der Waals surface area (Å²) < 4.78 is 15.4. The van der Waals surface area contributed by atoms with Gasteiger partial charge in [-0.3, -0.25) is 0 Å². The van der Waals surface area contributed by atoms with Crippen molar-refractivity contribution in [3.8, 4) is 0 Å². The van der Waals surface area contributed by atoms with E-state index in [-0.39, 0.29) is 5.41 Å². The van der Waals surface area contributed by atoms with Crippen molar-refractivity contribution in [2.24, 2.45) is 5.41 Å². The van der Waals surface area contributed by atoms with E-state index >= 15 is 0 Å².